The van der Waals surface area contributed by atoms with E-state index in [1.54, 1.807) is 24.3 Å². The molecule has 3 aromatic carbocycles. The molecule has 0 unspecified atom stereocenters. The van der Waals surface area contributed by atoms with Crippen molar-refractivity contribution in [2.75, 3.05) is 22.5 Å². The number of nitriles is 1. The second kappa shape index (κ2) is 9.89. The van der Waals surface area contributed by atoms with Crippen LogP contribution in [-0.4, -0.2) is 18.4 Å². The molecule has 3 N–H and O–H groups in total. The van der Waals surface area contributed by atoms with Crippen LogP contribution in [-0.2, 0) is 11.2 Å². The van der Waals surface area contributed by atoms with Gasteiger partial charge in [-0.15, -0.1) is 0 Å². The van der Waals surface area contributed by atoms with Crippen LogP contribution in [0.2, 0.25) is 0 Å². The minimum atomic E-state index is -0.193. The van der Waals surface area contributed by atoms with Gasteiger partial charge in [0, 0.05) is 22.6 Å². The number of nitrogens with zero attached hydrogens (tertiary/aromatic N) is 1. The number of amides is 2. The molecule has 3 aromatic rings. The summed E-state index contributed by atoms with van der Waals surface area (Å²) in [5, 5.41) is 17.5. The molecule has 0 radical (unpaired) electrons. The van der Waals surface area contributed by atoms with E-state index in [0.717, 1.165) is 16.8 Å². The summed E-state index contributed by atoms with van der Waals surface area (Å²) >= 11 is 0. The lowest BCUT2D eigenvalue weighted by Gasteiger charge is -2.14. The maximum atomic E-state index is 12.4. The smallest absolute Gasteiger partial charge is 0.255 e. The highest BCUT2D eigenvalue weighted by Gasteiger charge is 2.10. The van der Waals surface area contributed by atoms with Crippen molar-refractivity contribution >= 4 is 28.9 Å². The van der Waals surface area contributed by atoms with Gasteiger partial charge in [0.05, 0.1) is 19.0 Å². The molecule has 0 bridgehead atoms. The molecular formula is C24H22N4O2. The molecule has 0 aliphatic carbocycles. The van der Waals surface area contributed by atoms with Crippen LogP contribution >= 0.6 is 0 Å². The number of hydrogen-bond donors (Lipinski definition) is 3. The standard InChI is InChI=1S/C24H22N4O2/c1-17-21(8-5-9-22(17)28-24(30)19-6-3-2-4-7-19)26-16-23(29)27-20-12-10-18(11-13-20)14-15-25/h2-13,26H,14,16H2,1H3,(H,27,29)(H,28,30). The fourth-order valence-corrected chi connectivity index (χ4v) is 2.92. The van der Waals surface area contributed by atoms with Gasteiger partial charge in [-0.1, -0.05) is 36.4 Å². The number of carbonyl (C=O) groups excluding carboxylic acids is 2. The molecule has 0 aliphatic heterocycles. The van der Waals surface area contributed by atoms with Crippen molar-refractivity contribution < 1.29 is 9.59 Å². The highest BCUT2D eigenvalue weighted by Crippen LogP contribution is 2.24. The van der Waals surface area contributed by atoms with Gasteiger partial charge in [0.15, 0.2) is 0 Å². The molecule has 0 saturated carbocycles. The zero-order valence-corrected chi connectivity index (χ0v) is 16.6. The second-order valence-electron chi connectivity index (χ2n) is 6.73. The molecule has 3 rings (SSSR count). The quantitative estimate of drug-likeness (QED) is 0.551. The van der Waals surface area contributed by atoms with Crippen LogP contribution in [0.25, 0.3) is 0 Å². The molecule has 0 aliphatic rings. The van der Waals surface area contributed by atoms with Crippen LogP contribution in [0.1, 0.15) is 21.5 Å². The first kappa shape index (κ1) is 20.6. The van der Waals surface area contributed by atoms with Crippen molar-refractivity contribution in [1.82, 2.24) is 0 Å². The molecule has 6 heteroatoms. The Balaban J connectivity index is 1.59. The summed E-state index contributed by atoms with van der Waals surface area (Å²) in [7, 11) is 0. The lowest BCUT2D eigenvalue weighted by atomic mass is 10.1. The Morgan fingerprint density at radius 1 is 0.867 bits per heavy atom. The minimum absolute atomic E-state index is 0.0802. The van der Waals surface area contributed by atoms with Gasteiger partial charge in [0.2, 0.25) is 5.91 Å². The molecule has 0 aromatic heterocycles. The predicted octanol–water partition coefficient (Wildman–Crippen LogP) is 4.36. The van der Waals surface area contributed by atoms with Crippen LogP contribution in [0, 0.1) is 18.3 Å². The molecule has 30 heavy (non-hydrogen) atoms. The highest BCUT2D eigenvalue weighted by atomic mass is 16.2. The monoisotopic (exact) mass is 398 g/mol. The number of benzene rings is 3. The molecule has 0 spiro atoms. The van der Waals surface area contributed by atoms with E-state index in [1.165, 1.54) is 0 Å². The minimum Gasteiger partial charge on any atom is -0.376 e. The van der Waals surface area contributed by atoms with Crippen LogP contribution in [0.3, 0.4) is 0 Å². The van der Waals surface area contributed by atoms with E-state index in [-0.39, 0.29) is 18.4 Å². The zero-order chi connectivity index (χ0) is 21.3. The third kappa shape index (κ3) is 5.46. The van der Waals surface area contributed by atoms with E-state index in [9.17, 15) is 9.59 Å². The maximum absolute atomic E-state index is 12.4. The third-order valence-electron chi connectivity index (χ3n) is 4.58. The lowest BCUT2D eigenvalue weighted by Crippen LogP contribution is -2.22. The lowest BCUT2D eigenvalue weighted by molar-refractivity contribution is -0.114. The predicted molar refractivity (Wildman–Crippen MR) is 118 cm³/mol. The van der Waals surface area contributed by atoms with Crippen LogP contribution < -0.4 is 16.0 Å². The highest BCUT2D eigenvalue weighted by molar-refractivity contribution is 6.05. The Bertz CT molecular complexity index is 1070. The van der Waals surface area contributed by atoms with Gasteiger partial charge in [-0.05, 0) is 54.4 Å². The Morgan fingerprint density at radius 3 is 2.27 bits per heavy atom. The van der Waals surface area contributed by atoms with Gasteiger partial charge in [-0.2, -0.15) is 5.26 Å². The van der Waals surface area contributed by atoms with Crippen molar-refractivity contribution in [2.45, 2.75) is 13.3 Å². The van der Waals surface area contributed by atoms with E-state index >= 15 is 0 Å². The van der Waals surface area contributed by atoms with Crippen LogP contribution in [0.4, 0.5) is 17.1 Å². The van der Waals surface area contributed by atoms with Gasteiger partial charge in [0.1, 0.15) is 0 Å². The Hall–Kier alpha value is -4.11. The maximum Gasteiger partial charge on any atom is 0.255 e. The Kier molecular flexibility index (Phi) is 6.80. The van der Waals surface area contributed by atoms with Gasteiger partial charge in [-0.25, -0.2) is 0 Å². The van der Waals surface area contributed by atoms with Crippen molar-refractivity contribution in [1.29, 1.82) is 5.26 Å². The fraction of sp³-hybridized carbons (Fsp3) is 0.125. The summed E-state index contributed by atoms with van der Waals surface area (Å²) in [6.45, 7) is 1.96. The first-order valence-electron chi connectivity index (χ1n) is 9.52. The fourth-order valence-electron chi connectivity index (χ4n) is 2.92. The van der Waals surface area contributed by atoms with Crippen LogP contribution in [0.15, 0.2) is 72.8 Å². The third-order valence-corrected chi connectivity index (χ3v) is 4.58. The number of rotatable bonds is 7. The molecule has 0 fully saturated rings. The number of carbonyl (C=O) groups is 2. The summed E-state index contributed by atoms with van der Waals surface area (Å²) in [6.07, 6.45) is 0.339. The average Bonchev–Trinajstić information content (AvgIpc) is 2.76. The molecule has 2 amide bonds. The van der Waals surface area contributed by atoms with Crippen molar-refractivity contribution in [3.05, 3.63) is 89.5 Å². The summed E-state index contributed by atoms with van der Waals surface area (Å²) in [4.78, 5) is 24.7. The molecule has 150 valence electrons. The van der Waals surface area contributed by atoms with E-state index in [4.69, 9.17) is 5.26 Å². The first-order valence-corrected chi connectivity index (χ1v) is 9.52. The summed E-state index contributed by atoms with van der Waals surface area (Å²) in [5.41, 5.74) is 4.44. The largest absolute Gasteiger partial charge is 0.376 e. The van der Waals surface area contributed by atoms with E-state index in [1.807, 2.05) is 55.5 Å². The van der Waals surface area contributed by atoms with Crippen molar-refractivity contribution in [3.63, 3.8) is 0 Å². The normalized spacial score (nSPS) is 10.0. The van der Waals surface area contributed by atoms with E-state index in [0.29, 0.717) is 23.4 Å². The molecule has 0 atom stereocenters. The number of hydrogen-bond acceptors (Lipinski definition) is 4. The molecular weight excluding hydrogens is 376 g/mol. The Morgan fingerprint density at radius 2 is 1.57 bits per heavy atom. The Labute approximate surface area is 175 Å². The second-order valence-corrected chi connectivity index (χ2v) is 6.73. The zero-order valence-electron chi connectivity index (χ0n) is 16.6. The van der Waals surface area contributed by atoms with Crippen molar-refractivity contribution in [2.24, 2.45) is 0 Å². The first-order chi connectivity index (χ1) is 14.6. The van der Waals surface area contributed by atoms with Crippen molar-refractivity contribution in [3.8, 4) is 6.07 Å². The van der Waals surface area contributed by atoms with Gasteiger partial charge >= 0.3 is 0 Å². The molecule has 6 nitrogen and oxygen atoms in total. The molecule has 0 saturated heterocycles. The average molecular weight is 398 g/mol. The summed E-state index contributed by atoms with van der Waals surface area (Å²) in [6, 6.07) is 23.8. The number of anilines is 3. The summed E-state index contributed by atoms with van der Waals surface area (Å²) in [5.74, 6) is -0.380. The van der Waals surface area contributed by atoms with Crippen LogP contribution in [0.5, 0.6) is 0 Å². The van der Waals surface area contributed by atoms with Gasteiger partial charge < -0.3 is 16.0 Å². The van der Waals surface area contributed by atoms with Gasteiger partial charge in [0.25, 0.3) is 5.91 Å². The van der Waals surface area contributed by atoms with E-state index in [2.05, 4.69) is 22.0 Å². The van der Waals surface area contributed by atoms with Gasteiger partial charge in [-0.3, -0.25) is 9.59 Å². The SMILES string of the molecule is Cc1c(NCC(=O)Nc2ccc(CC#N)cc2)cccc1NC(=O)c1ccccc1. The topological polar surface area (TPSA) is 94.0 Å². The number of nitrogens with one attached hydrogen (secondary N) is 3. The molecule has 0 heterocycles. The van der Waals surface area contributed by atoms with E-state index < -0.39 is 0 Å². The summed E-state index contributed by atoms with van der Waals surface area (Å²) < 4.78 is 0.